The molecule has 0 spiro atoms. The smallest absolute Gasteiger partial charge is 0.125 e. The SMILES string of the molecule is Fc1cc(Cl)cc([C@H](c2cccs2)N2CCNCC2)c1. The molecule has 3 rings (SSSR count). The highest BCUT2D eigenvalue weighted by Crippen LogP contribution is 2.33. The summed E-state index contributed by atoms with van der Waals surface area (Å²) >= 11 is 7.73. The van der Waals surface area contributed by atoms with Gasteiger partial charge < -0.3 is 5.32 Å². The van der Waals surface area contributed by atoms with E-state index in [1.165, 1.54) is 10.9 Å². The Balaban J connectivity index is 2.00. The zero-order valence-corrected chi connectivity index (χ0v) is 12.6. The third-order valence-corrected chi connectivity index (χ3v) is 4.67. The minimum Gasteiger partial charge on any atom is -0.314 e. The molecule has 1 aromatic carbocycles. The summed E-state index contributed by atoms with van der Waals surface area (Å²) in [5, 5.41) is 5.87. The first kappa shape index (κ1) is 14.0. The molecule has 20 heavy (non-hydrogen) atoms. The topological polar surface area (TPSA) is 15.3 Å². The third-order valence-electron chi connectivity index (χ3n) is 3.53. The lowest BCUT2D eigenvalue weighted by molar-refractivity contribution is 0.200. The van der Waals surface area contributed by atoms with E-state index in [0.29, 0.717) is 5.02 Å². The Kier molecular flexibility index (Phi) is 4.36. The van der Waals surface area contributed by atoms with Crippen LogP contribution in [0.1, 0.15) is 16.5 Å². The number of nitrogens with one attached hydrogen (secondary N) is 1. The Bertz CT molecular complexity index is 547. The molecule has 106 valence electrons. The molecule has 1 aliphatic heterocycles. The standard InChI is InChI=1S/C15H16ClFN2S/c16-12-8-11(9-13(17)10-12)15(14-2-1-7-20-14)19-5-3-18-4-6-19/h1-2,7-10,15,18H,3-6H2/t15-/m1/s1. The maximum Gasteiger partial charge on any atom is 0.125 e. The fourth-order valence-electron chi connectivity index (χ4n) is 2.68. The predicted molar refractivity (Wildman–Crippen MR) is 82.0 cm³/mol. The van der Waals surface area contributed by atoms with Crippen molar-refractivity contribution in [1.82, 2.24) is 10.2 Å². The number of hydrogen-bond donors (Lipinski definition) is 1. The third kappa shape index (κ3) is 3.04. The van der Waals surface area contributed by atoms with Crippen LogP contribution in [-0.4, -0.2) is 31.1 Å². The number of benzene rings is 1. The molecule has 2 nitrogen and oxygen atoms in total. The molecular weight excluding hydrogens is 295 g/mol. The Morgan fingerprint density at radius 3 is 2.70 bits per heavy atom. The molecule has 1 fully saturated rings. The van der Waals surface area contributed by atoms with E-state index in [1.54, 1.807) is 17.4 Å². The van der Waals surface area contributed by atoms with Crippen molar-refractivity contribution in [3.8, 4) is 0 Å². The second-order valence-corrected chi connectivity index (χ2v) is 6.32. The van der Waals surface area contributed by atoms with Crippen LogP contribution in [0.3, 0.4) is 0 Å². The summed E-state index contributed by atoms with van der Waals surface area (Å²) < 4.78 is 13.7. The van der Waals surface area contributed by atoms with Crippen molar-refractivity contribution >= 4 is 22.9 Å². The lowest BCUT2D eigenvalue weighted by Gasteiger charge is -2.34. The summed E-state index contributed by atoms with van der Waals surface area (Å²) in [6.07, 6.45) is 0. The Hall–Kier alpha value is -0.940. The van der Waals surface area contributed by atoms with Gasteiger partial charge in [-0.1, -0.05) is 17.7 Å². The van der Waals surface area contributed by atoms with Crippen LogP contribution in [0.4, 0.5) is 4.39 Å². The summed E-state index contributed by atoms with van der Waals surface area (Å²) in [5.74, 6) is -0.274. The van der Waals surface area contributed by atoms with Gasteiger partial charge in [0.05, 0.1) is 6.04 Å². The lowest BCUT2D eigenvalue weighted by Crippen LogP contribution is -2.45. The molecule has 2 heterocycles. The van der Waals surface area contributed by atoms with Crippen LogP contribution in [0, 0.1) is 5.82 Å². The maximum absolute atomic E-state index is 13.7. The van der Waals surface area contributed by atoms with E-state index in [9.17, 15) is 4.39 Å². The first-order chi connectivity index (χ1) is 9.74. The molecule has 0 bridgehead atoms. The maximum atomic E-state index is 13.7. The van der Waals surface area contributed by atoms with Gasteiger partial charge >= 0.3 is 0 Å². The van der Waals surface area contributed by atoms with Crippen LogP contribution in [0.5, 0.6) is 0 Å². The van der Waals surface area contributed by atoms with Gasteiger partial charge in [0.2, 0.25) is 0 Å². The van der Waals surface area contributed by atoms with Crippen LogP contribution < -0.4 is 5.32 Å². The Morgan fingerprint density at radius 1 is 1.25 bits per heavy atom. The fraction of sp³-hybridized carbons (Fsp3) is 0.333. The molecule has 0 radical (unpaired) electrons. The normalized spacial score (nSPS) is 18.1. The number of piperazine rings is 1. The van der Waals surface area contributed by atoms with Gasteiger partial charge in [0.25, 0.3) is 0 Å². The quantitative estimate of drug-likeness (QED) is 0.933. The first-order valence-corrected chi connectivity index (χ1v) is 7.94. The van der Waals surface area contributed by atoms with Crippen molar-refractivity contribution in [1.29, 1.82) is 0 Å². The highest BCUT2D eigenvalue weighted by atomic mass is 35.5. The average Bonchev–Trinajstić information content (AvgIpc) is 2.93. The summed E-state index contributed by atoms with van der Waals surface area (Å²) in [6, 6.07) is 9.06. The highest BCUT2D eigenvalue weighted by Gasteiger charge is 2.25. The van der Waals surface area contributed by atoms with E-state index in [1.807, 2.05) is 12.1 Å². The molecule has 1 aliphatic rings. The molecule has 2 aromatic rings. The summed E-state index contributed by atoms with van der Waals surface area (Å²) in [7, 11) is 0. The van der Waals surface area contributed by atoms with Crippen molar-refractivity contribution in [2.45, 2.75) is 6.04 Å². The number of hydrogen-bond acceptors (Lipinski definition) is 3. The van der Waals surface area contributed by atoms with E-state index in [0.717, 1.165) is 31.7 Å². The van der Waals surface area contributed by atoms with Crippen molar-refractivity contribution in [3.05, 3.63) is 57.0 Å². The molecule has 1 aromatic heterocycles. The number of rotatable bonds is 3. The summed E-state index contributed by atoms with van der Waals surface area (Å²) in [5.41, 5.74) is 0.930. The molecule has 5 heteroatoms. The van der Waals surface area contributed by atoms with Crippen molar-refractivity contribution in [2.24, 2.45) is 0 Å². The number of thiophene rings is 1. The van der Waals surface area contributed by atoms with Crippen molar-refractivity contribution in [2.75, 3.05) is 26.2 Å². The number of nitrogens with zero attached hydrogens (tertiary/aromatic N) is 1. The predicted octanol–water partition coefficient (Wildman–Crippen LogP) is 3.54. The van der Waals surface area contributed by atoms with Crippen LogP contribution in [0.2, 0.25) is 5.02 Å². The van der Waals surface area contributed by atoms with E-state index in [-0.39, 0.29) is 11.9 Å². The van der Waals surface area contributed by atoms with Gasteiger partial charge in [0, 0.05) is 36.1 Å². The Morgan fingerprint density at radius 2 is 2.05 bits per heavy atom. The molecule has 1 saturated heterocycles. The minimum atomic E-state index is -0.274. The molecule has 1 N–H and O–H groups in total. The van der Waals surface area contributed by atoms with Crippen LogP contribution >= 0.6 is 22.9 Å². The second-order valence-electron chi connectivity index (χ2n) is 4.91. The zero-order chi connectivity index (χ0) is 13.9. The fourth-order valence-corrected chi connectivity index (χ4v) is 3.79. The average molecular weight is 311 g/mol. The number of halogens is 2. The lowest BCUT2D eigenvalue weighted by atomic mass is 10.0. The molecule has 0 unspecified atom stereocenters. The van der Waals surface area contributed by atoms with E-state index >= 15 is 0 Å². The van der Waals surface area contributed by atoms with Gasteiger partial charge in [0.1, 0.15) is 5.82 Å². The van der Waals surface area contributed by atoms with Crippen molar-refractivity contribution < 1.29 is 4.39 Å². The largest absolute Gasteiger partial charge is 0.314 e. The van der Waals surface area contributed by atoms with E-state index in [4.69, 9.17) is 11.6 Å². The molecule has 0 aliphatic carbocycles. The monoisotopic (exact) mass is 310 g/mol. The Labute approximate surface area is 127 Å². The molecule has 0 saturated carbocycles. The van der Waals surface area contributed by atoms with Gasteiger partial charge in [0.15, 0.2) is 0 Å². The van der Waals surface area contributed by atoms with Gasteiger partial charge in [-0.05, 0) is 35.2 Å². The van der Waals surface area contributed by atoms with Gasteiger partial charge in [-0.25, -0.2) is 4.39 Å². The summed E-state index contributed by atoms with van der Waals surface area (Å²) in [4.78, 5) is 3.61. The van der Waals surface area contributed by atoms with Crippen molar-refractivity contribution in [3.63, 3.8) is 0 Å². The van der Waals surface area contributed by atoms with E-state index in [2.05, 4.69) is 21.7 Å². The first-order valence-electron chi connectivity index (χ1n) is 6.68. The molecule has 0 amide bonds. The minimum absolute atomic E-state index is 0.0882. The van der Waals surface area contributed by atoms with Gasteiger partial charge in [-0.2, -0.15) is 0 Å². The zero-order valence-electron chi connectivity index (χ0n) is 11.0. The second kappa shape index (κ2) is 6.22. The van der Waals surface area contributed by atoms with Gasteiger partial charge in [-0.3, -0.25) is 4.90 Å². The highest BCUT2D eigenvalue weighted by molar-refractivity contribution is 7.10. The van der Waals surface area contributed by atoms with Crippen LogP contribution in [0.15, 0.2) is 35.7 Å². The molecular formula is C15H16ClFN2S. The van der Waals surface area contributed by atoms with Crippen LogP contribution in [0.25, 0.3) is 0 Å². The summed E-state index contributed by atoms with van der Waals surface area (Å²) in [6.45, 7) is 3.84. The van der Waals surface area contributed by atoms with Gasteiger partial charge in [-0.15, -0.1) is 11.3 Å². The molecule has 1 atom stereocenters. The van der Waals surface area contributed by atoms with Crippen LogP contribution in [-0.2, 0) is 0 Å². The van der Waals surface area contributed by atoms with E-state index < -0.39 is 0 Å².